The summed E-state index contributed by atoms with van der Waals surface area (Å²) in [5, 5.41) is 0. The van der Waals surface area contributed by atoms with Crippen molar-refractivity contribution in [2.24, 2.45) is 0 Å². The van der Waals surface area contributed by atoms with Gasteiger partial charge >= 0.3 is 0 Å². The van der Waals surface area contributed by atoms with E-state index >= 15 is 0 Å². The van der Waals surface area contributed by atoms with Gasteiger partial charge in [0, 0.05) is 0 Å². The highest BCUT2D eigenvalue weighted by molar-refractivity contribution is 5.80. The van der Waals surface area contributed by atoms with Crippen LogP contribution in [0.1, 0.15) is 5.56 Å². The largest absolute Gasteiger partial charge is 0.496 e. The van der Waals surface area contributed by atoms with Gasteiger partial charge in [-0.2, -0.15) is 0 Å². The van der Waals surface area contributed by atoms with Crippen LogP contribution in [0, 0.1) is 5.82 Å². The predicted octanol–water partition coefficient (Wildman–Crippen LogP) is 1.29. The Bertz CT molecular complexity index is 271. The summed E-state index contributed by atoms with van der Waals surface area (Å²) in [6.45, 7) is 0. The Balaban J connectivity index is 3.24. The van der Waals surface area contributed by atoms with Crippen molar-refractivity contribution in [2.45, 2.75) is 0 Å². The second kappa shape index (κ2) is 3.14. The molecule has 0 bridgehead atoms. The van der Waals surface area contributed by atoms with Crippen molar-refractivity contribution in [3.8, 4) is 5.75 Å². The predicted molar refractivity (Wildman–Crippen MR) is 37.7 cm³/mol. The minimum absolute atomic E-state index is 0.157. The van der Waals surface area contributed by atoms with Gasteiger partial charge in [-0.3, -0.25) is 4.79 Å². The zero-order valence-corrected chi connectivity index (χ0v) is 5.93. The molecule has 2 nitrogen and oxygen atoms in total. The smallest absolute Gasteiger partial charge is 0.240 e. The Labute approximate surface area is 63.6 Å². The monoisotopic (exact) mass is 153 g/mol. The van der Waals surface area contributed by atoms with Crippen molar-refractivity contribution < 1.29 is 13.9 Å². The molecule has 11 heavy (non-hydrogen) atoms. The minimum atomic E-state index is -0.612. The van der Waals surface area contributed by atoms with Crippen LogP contribution in [0.2, 0.25) is 0 Å². The molecule has 0 saturated heterocycles. The second-order valence-electron chi connectivity index (χ2n) is 1.92. The van der Waals surface area contributed by atoms with Crippen molar-refractivity contribution in [1.29, 1.82) is 0 Å². The lowest BCUT2D eigenvalue weighted by molar-refractivity contribution is 0.409. The van der Waals surface area contributed by atoms with Gasteiger partial charge in [-0.1, -0.05) is 6.07 Å². The third kappa shape index (κ3) is 1.37. The first kappa shape index (κ1) is 7.72. The molecule has 3 heteroatoms. The summed E-state index contributed by atoms with van der Waals surface area (Å²) in [7, 11) is 1.37. The van der Waals surface area contributed by atoms with Crippen molar-refractivity contribution >= 4 is 6.29 Å². The van der Waals surface area contributed by atoms with Crippen LogP contribution >= 0.6 is 0 Å². The molecule has 0 aliphatic carbocycles. The SMILES string of the molecule is COc1cccc(F)c1[C]=O. The molecule has 0 heterocycles. The number of hydrogen-bond acceptors (Lipinski definition) is 2. The van der Waals surface area contributed by atoms with Crippen LogP contribution in [0.3, 0.4) is 0 Å². The van der Waals surface area contributed by atoms with E-state index < -0.39 is 5.82 Å². The first-order valence-electron chi connectivity index (χ1n) is 3.00. The van der Waals surface area contributed by atoms with Gasteiger partial charge in [0.1, 0.15) is 17.1 Å². The summed E-state index contributed by atoms with van der Waals surface area (Å²) < 4.78 is 17.4. The van der Waals surface area contributed by atoms with E-state index in [1.807, 2.05) is 0 Å². The van der Waals surface area contributed by atoms with E-state index in [-0.39, 0.29) is 11.3 Å². The highest BCUT2D eigenvalue weighted by atomic mass is 19.1. The molecule has 1 rings (SSSR count). The van der Waals surface area contributed by atoms with Crippen LogP contribution < -0.4 is 4.74 Å². The van der Waals surface area contributed by atoms with Crippen molar-refractivity contribution in [3.05, 3.63) is 29.6 Å². The maximum atomic E-state index is 12.7. The fourth-order valence-electron chi connectivity index (χ4n) is 0.774. The van der Waals surface area contributed by atoms with E-state index in [4.69, 9.17) is 4.74 Å². The van der Waals surface area contributed by atoms with Crippen LogP contribution in [0.4, 0.5) is 4.39 Å². The van der Waals surface area contributed by atoms with Gasteiger partial charge < -0.3 is 4.74 Å². The molecule has 0 spiro atoms. The molecule has 0 unspecified atom stereocenters. The summed E-state index contributed by atoms with van der Waals surface area (Å²) >= 11 is 0. The highest BCUT2D eigenvalue weighted by Crippen LogP contribution is 2.17. The standard InChI is InChI=1S/C8H6FO2/c1-11-8-4-2-3-7(9)6(8)5-10/h2-4H,1H3. The van der Waals surface area contributed by atoms with Gasteiger partial charge in [0.05, 0.1) is 7.11 Å². The fourth-order valence-corrected chi connectivity index (χ4v) is 0.774. The van der Waals surface area contributed by atoms with Gasteiger partial charge in [-0.15, -0.1) is 0 Å². The molecule has 1 aromatic carbocycles. The lowest BCUT2D eigenvalue weighted by atomic mass is 10.2. The summed E-state index contributed by atoms with van der Waals surface area (Å²) in [6.07, 6.45) is 1.46. The lowest BCUT2D eigenvalue weighted by Gasteiger charge is -2.01. The van der Waals surface area contributed by atoms with Crippen LogP contribution in [0.15, 0.2) is 18.2 Å². The van der Waals surface area contributed by atoms with Crippen molar-refractivity contribution in [1.82, 2.24) is 0 Å². The van der Waals surface area contributed by atoms with Gasteiger partial charge in [0.25, 0.3) is 0 Å². The minimum Gasteiger partial charge on any atom is -0.496 e. The highest BCUT2D eigenvalue weighted by Gasteiger charge is 2.07. The van der Waals surface area contributed by atoms with Gasteiger partial charge in [0.2, 0.25) is 6.29 Å². The van der Waals surface area contributed by atoms with E-state index in [0.717, 1.165) is 0 Å². The Hall–Kier alpha value is -1.38. The zero-order chi connectivity index (χ0) is 8.27. The molecule has 0 aliphatic heterocycles. The van der Waals surface area contributed by atoms with Crippen LogP contribution in [0.5, 0.6) is 5.75 Å². The summed E-state index contributed by atoms with van der Waals surface area (Å²) in [6, 6.07) is 4.15. The number of ether oxygens (including phenoxy) is 1. The molecule has 1 radical (unpaired) electrons. The van der Waals surface area contributed by atoms with Gasteiger partial charge in [-0.25, -0.2) is 4.39 Å². The Morgan fingerprint density at radius 3 is 2.73 bits per heavy atom. The first-order chi connectivity index (χ1) is 5.29. The Kier molecular flexibility index (Phi) is 2.21. The molecular formula is C8H6FO2. The Morgan fingerprint density at radius 2 is 2.27 bits per heavy atom. The number of carbonyl (C=O) groups excluding carboxylic acids is 1. The molecule has 1 aromatic rings. The average molecular weight is 153 g/mol. The van der Waals surface area contributed by atoms with Gasteiger partial charge in [0.15, 0.2) is 0 Å². The van der Waals surface area contributed by atoms with Gasteiger partial charge in [-0.05, 0) is 12.1 Å². The zero-order valence-electron chi connectivity index (χ0n) is 5.93. The normalized spacial score (nSPS) is 9.27. The summed E-state index contributed by atoms with van der Waals surface area (Å²) in [4.78, 5) is 10.2. The molecule has 0 fully saturated rings. The van der Waals surface area contributed by atoms with Crippen molar-refractivity contribution in [3.63, 3.8) is 0 Å². The molecule has 0 N–H and O–H groups in total. The third-order valence-corrected chi connectivity index (χ3v) is 1.30. The van der Waals surface area contributed by atoms with E-state index in [9.17, 15) is 9.18 Å². The molecule has 57 valence electrons. The maximum Gasteiger partial charge on any atom is 0.240 e. The van der Waals surface area contributed by atoms with E-state index in [1.54, 1.807) is 0 Å². The molecule has 0 saturated carbocycles. The van der Waals surface area contributed by atoms with E-state index in [2.05, 4.69) is 0 Å². The number of methoxy groups -OCH3 is 1. The molecule has 0 aromatic heterocycles. The van der Waals surface area contributed by atoms with Crippen LogP contribution in [0.25, 0.3) is 0 Å². The number of benzene rings is 1. The summed E-state index contributed by atoms with van der Waals surface area (Å²) in [5.41, 5.74) is -0.157. The number of rotatable bonds is 2. The van der Waals surface area contributed by atoms with Crippen LogP contribution in [-0.2, 0) is 4.79 Å². The molecule has 0 atom stereocenters. The average Bonchev–Trinajstić information content (AvgIpc) is 2.04. The van der Waals surface area contributed by atoms with Crippen molar-refractivity contribution in [2.75, 3.05) is 7.11 Å². The second-order valence-corrected chi connectivity index (χ2v) is 1.92. The summed E-state index contributed by atoms with van der Waals surface area (Å²) in [5.74, 6) is -0.403. The number of hydrogen-bond donors (Lipinski definition) is 0. The third-order valence-electron chi connectivity index (χ3n) is 1.30. The van der Waals surface area contributed by atoms with E-state index in [1.165, 1.54) is 31.6 Å². The Morgan fingerprint density at radius 1 is 1.55 bits per heavy atom. The quantitative estimate of drug-likeness (QED) is 0.640. The molecule has 0 aliphatic rings. The topological polar surface area (TPSA) is 26.3 Å². The number of halogens is 1. The molecular weight excluding hydrogens is 147 g/mol. The maximum absolute atomic E-state index is 12.7. The lowest BCUT2D eigenvalue weighted by Crippen LogP contribution is -1.93. The first-order valence-corrected chi connectivity index (χ1v) is 3.00. The fraction of sp³-hybridized carbons (Fsp3) is 0.125. The van der Waals surface area contributed by atoms with Crippen LogP contribution in [-0.4, -0.2) is 13.4 Å². The van der Waals surface area contributed by atoms with E-state index in [0.29, 0.717) is 0 Å². The molecule has 0 amide bonds.